The minimum atomic E-state index is -3.09. The Bertz CT molecular complexity index is 911. The zero-order valence-corrected chi connectivity index (χ0v) is 17.0. The molecule has 0 spiro atoms. The predicted octanol–water partition coefficient (Wildman–Crippen LogP) is 2.23. The maximum absolute atomic E-state index is 12.7. The van der Waals surface area contributed by atoms with Gasteiger partial charge in [0.15, 0.2) is 0 Å². The highest BCUT2D eigenvalue weighted by Crippen LogP contribution is 2.32. The van der Waals surface area contributed by atoms with Crippen LogP contribution in [0.25, 0.3) is 12.2 Å². The molecule has 0 saturated heterocycles. The average molecular weight is 438 g/mol. The maximum atomic E-state index is 12.7. The van der Waals surface area contributed by atoms with E-state index < -0.39 is 25.2 Å². The van der Waals surface area contributed by atoms with Gasteiger partial charge in [0.1, 0.15) is 23.3 Å². The highest BCUT2D eigenvalue weighted by atomic mass is 19.3. The molecule has 1 unspecified atom stereocenters. The van der Waals surface area contributed by atoms with Crippen LogP contribution >= 0.6 is 0 Å². The molecule has 0 aliphatic carbocycles. The summed E-state index contributed by atoms with van der Waals surface area (Å²) in [6.45, 7) is -3.96. The van der Waals surface area contributed by atoms with Gasteiger partial charge >= 0.3 is 6.61 Å². The topological polar surface area (TPSA) is 123 Å². The van der Waals surface area contributed by atoms with Crippen molar-refractivity contribution in [3.63, 3.8) is 0 Å². The molecule has 0 fully saturated rings. The van der Waals surface area contributed by atoms with Crippen molar-refractivity contribution in [2.24, 2.45) is 5.73 Å². The number of alkyl halides is 2. The monoisotopic (exact) mass is 438 g/mol. The van der Waals surface area contributed by atoms with Crippen LogP contribution in [0.5, 0.6) is 17.2 Å². The van der Waals surface area contributed by atoms with Crippen LogP contribution in [0.4, 0.5) is 14.5 Å². The van der Waals surface area contributed by atoms with Gasteiger partial charge in [-0.1, -0.05) is 18.2 Å². The minimum absolute atomic E-state index is 0.0258. The van der Waals surface area contributed by atoms with Gasteiger partial charge in [-0.3, -0.25) is 4.79 Å². The van der Waals surface area contributed by atoms with Crippen molar-refractivity contribution in [1.29, 1.82) is 0 Å². The molecule has 0 radical (unpaired) electrons. The fraction of sp³-hybridized carbons (Fsp3) is 0.286. The highest BCUT2D eigenvalue weighted by molar-refractivity contribution is 5.96. The number of carbonyl (C=O) groups excluding carboxylic acids is 1. The van der Waals surface area contributed by atoms with Crippen LogP contribution in [0.3, 0.4) is 0 Å². The molecular weight excluding hydrogens is 414 g/mol. The van der Waals surface area contributed by atoms with Crippen LogP contribution in [0.2, 0.25) is 0 Å². The maximum Gasteiger partial charge on any atom is 0.387 e. The molecule has 2 rings (SSSR count). The largest absolute Gasteiger partial charge is 0.496 e. The van der Waals surface area contributed by atoms with Crippen molar-refractivity contribution < 1.29 is 38.0 Å². The van der Waals surface area contributed by atoms with Gasteiger partial charge in [-0.05, 0) is 35.4 Å². The molecule has 2 aromatic rings. The molecule has 0 bridgehead atoms. The van der Waals surface area contributed by atoms with Crippen molar-refractivity contribution in [2.45, 2.75) is 19.3 Å². The SMILES string of the molecule is COc1cc(C=Cc2ccc(OC(F)F)c(NC(=O)C(N)CO)c2)cc(OC)c1CO. The van der Waals surface area contributed by atoms with Gasteiger partial charge in [0.25, 0.3) is 0 Å². The molecule has 10 heteroatoms. The number of amides is 1. The Morgan fingerprint density at radius 2 is 1.68 bits per heavy atom. The quantitative estimate of drug-likeness (QED) is 0.420. The number of hydrogen-bond donors (Lipinski definition) is 4. The van der Waals surface area contributed by atoms with E-state index in [0.717, 1.165) is 0 Å². The molecule has 0 aliphatic rings. The summed E-state index contributed by atoms with van der Waals surface area (Å²) in [7, 11) is 2.93. The molecule has 0 aromatic heterocycles. The molecule has 0 heterocycles. The van der Waals surface area contributed by atoms with E-state index in [1.807, 2.05) is 0 Å². The molecule has 168 valence electrons. The van der Waals surface area contributed by atoms with E-state index >= 15 is 0 Å². The Kier molecular flexibility index (Phi) is 8.74. The summed E-state index contributed by atoms with van der Waals surface area (Å²) in [5.74, 6) is -0.126. The van der Waals surface area contributed by atoms with E-state index in [2.05, 4.69) is 10.1 Å². The normalized spacial score (nSPS) is 12.1. The van der Waals surface area contributed by atoms with E-state index in [9.17, 15) is 18.7 Å². The Morgan fingerprint density at radius 3 is 2.19 bits per heavy atom. The number of anilines is 1. The zero-order valence-electron chi connectivity index (χ0n) is 17.0. The second-order valence-corrected chi connectivity index (χ2v) is 6.31. The smallest absolute Gasteiger partial charge is 0.387 e. The Balaban J connectivity index is 2.37. The minimum Gasteiger partial charge on any atom is -0.496 e. The van der Waals surface area contributed by atoms with E-state index in [4.69, 9.17) is 20.3 Å². The first-order valence-corrected chi connectivity index (χ1v) is 9.12. The van der Waals surface area contributed by atoms with E-state index in [1.54, 1.807) is 24.3 Å². The standard InChI is InChI=1S/C21H24F2N2O6/c1-29-18-8-13(9-19(30-2)14(18)10-26)4-3-12-5-6-17(31-21(22)23)16(7-12)25-20(28)15(24)11-27/h3-9,15,21,26-27H,10-11,24H2,1-2H3,(H,25,28). The summed E-state index contributed by atoms with van der Waals surface area (Å²) in [6.07, 6.45) is 3.38. The lowest BCUT2D eigenvalue weighted by Gasteiger charge is -2.15. The number of benzene rings is 2. The summed E-state index contributed by atoms with van der Waals surface area (Å²) in [6, 6.07) is 6.40. The first-order chi connectivity index (χ1) is 14.8. The first-order valence-electron chi connectivity index (χ1n) is 9.12. The Morgan fingerprint density at radius 1 is 1.06 bits per heavy atom. The Labute approximate surface area is 177 Å². The number of carbonyl (C=O) groups is 1. The van der Waals surface area contributed by atoms with Gasteiger partial charge in [-0.15, -0.1) is 0 Å². The van der Waals surface area contributed by atoms with Gasteiger partial charge in [0.2, 0.25) is 5.91 Å². The van der Waals surface area contributed by atoms with Crippen molar-refractivity contribution in [2.75, 3.05) is 26.1 Å². The number of aliphatic hydroxyl groups excluding tert-OH is 2. The lowest BCUT2D eigenvalue weighted by Crippen LogP contribution is -2.38. The zero-order chi connectivity index (χ0) is 23.0. The molecule has 0 aliphatic heterocycles. The molecule has 5 N–H and O–H groups in total. The van der Waals surface area contributed by atoms with Crippen molar-refractivity contribution in [1.82, 2.24) is 0 Å². The number of ether oxygens (including phenoxy) is 3. The molecule has 1 atom stereocenters. The lowest BCUT2D eigenvalue weighted by molar-refractivity contribution is -0.118. The molecule has 0 saturated carbocycles. The second kappa shape index (κ2) is 11.3. The van der Waals surface area contributed by atoms with Gasteiger partial charge in [0.05, 0.1) is 38.7 Å². The predicted molar refractivity (Wildman–Crippen MR) is 111 cm³/mol. The molecule has 31 heavy (non-hydrogen) atoms. The second-order valence-electron chi connectivity index (χ2n) is 6.31. The summed E-state index contributed by atoms with van der Waals surface area (Å²) in [5.41, 5.74) is 7.18. The van der Waals surface area contributed by atoms with Crippen LogP contribution in [-0.2, 0) is 11.4 Å². The van der Waals surface area contributed by atoms with Crippen LogP contribution < -0.4 is 25.3 Å². The molecular formula is C21H24F2N2O6. The van der Waals surface area contributed by atoms with E-state index in [0.29, 0.717) is 28.2 Å². The average Bonchev–Trinajstić information content (AvgIpc) is 2.77. The third kappa shape index (κ3) is 6.38. The number of methoxy groups -OCH3 is 2. The van der Waals surface area contributed by atoms with Crippen molar-refractivity contribution >= 4 is 23.7 Å². The number of aliphatic hydroxyl groups is 2. The lowest BCUT2D eigenvalue weighted by atomic mass is 10.1. The fourth-order valence-corrected chi connectivity index (χ4v) is 2.70. The van der Waals surface area contributed by atoms with E-state index in [1.165, 1.54) is 32.4 Å². The van der Waals surface area contributed by atoms with Crippen LogP contribution in [0, 0.1) is 0 Å². The molecule has 1 amide bonds. The highest BCUT2D eigenvalue weighted by Gasteiger charge is 2.17. The number of nitrogens with one attached hydrogen (secondary N) is 1. The van der Waals surface area contributed by atoms with Gasteiger partial charge in [0, 0.05) is 0 Å². The molecule has 2 aromatic carbocycles. The summed E-state index contributed by atoms with van der Waals surface area (Å²) in [4.78, 5) is 12.0. The first kappa shape index (κ1) is 24.1. The third-order valence-electron chi connectivity index (χ3n) is 4.27. The van der Waals surface area contributed by atoms with E-state index in [-0.39, 0.29) is 18.0 Å². The van der Waals surface area contributed by atoms with Crippen molar-refractivity contribution in [3.05, 3.63) is 47.0 Å². The van der Waals surface area contributed by atoms with Crippen LogP contribution in [-0.4, -0.2) is 49.6 Å². The summed E-state index contributed by atoms with van der Waals surface area (Å²) in [5, 5.41) is 20.9. The number of rotatable bonds is 10. The summed E-state index contributed by atoms with van der Waals surface area (Å²) >= 11 is 0. The number of nitrogens with two attached hydrogens (primary N) is 1. The van der Waals surface area contributed by atoms with Gasteiger partial charge in [-0.25, -0.2) is 0 Å². The number of hydrogen-bond acceptors (Lipinski definition) is 7. The molecule has 8 nitrogen and oxygen atoms in total. The van der Waals surface area contributed by atoms with Gasteiger partial charge < -0.3 is 35.5 Å². The van der Waals surface area contributed by atoms with Crippen LogP contribution in [0.15, 0.2) is 30.3 Å². The van der Waals surface area contributed by atoms with Crippen molar-refractivity contribution in [3.8, 4) is 17.2 Å². The number of halogens is 2. The fourth-order valence-electron chi connectivity index (χ4n) is 2.70. The summed E-state index contributed by atoms with van der Waals surface area (Å²) < 4.78 is 40.4. The van der Waals surface area contributed by atoms with Crippen LogP contribution in [0.1, 0.15) is 16.7 Å². The third-order valence-corrected chi connectivity index (χ3v) is 4.27. The Hall–Kier alpha value is -3.21. The van der Waals surface area contributed by atoms with Gasteiger partial charge in [-0.2, -0.15) is 8.78 Å².